The molecule has 7 nitrogen and oxygen atoms in total. The van der Waals surface area contributed by atoms with Gasteiger partial charge in [-0.3, -0.25) is 4.79 Å². The van der Waals surface area contributed by atoms with Crippen molar-refractivity contribution in [1.29, 1.82) is 0 Å². The molecule has 172 valence electrons. The van der Waals surface area contributed by atoms with Crippen LogP contribution >= 0.6 is 23.2 Å². The molecule has 2 aliphatic rings. The second-order valence-electron chi connectivity index (χ2n) is 8.42. The number of aromatic nitrogens is 2. The fourth-order valence-corrected chi connectivity index (χ4v) is 5.01. The van der Waals surface area contributed by atoms with Crippen molar-refractivity contribution in [3.8, 4) is 11.5 Å². The van der Waals surface area contributed by atoms with Crippen molar-refractivity contribution >= 4 is 40.6 Å². The number of halogens is 2. The number of piperidine rings is 1. The number of nitrogens with zero attached hydrogens (tertiary/aromatic N) is 5. The monoisotopic (exact) mass is 485 g/mol. The molecule has 2 fully saturated rings. The van der Waals surface area contributed by atoms with Gasteiger partial charge in [-0.25, -0.2) is 0 Å². The molecule has 0 bridgehead atoms. The quantitative estimate of drug-likeness (QED) is 0.537. The van der Waals surface area contributed by atoms with E-state index in [0.29, 0.717) is 41.1 Å². The second-order valence-corrected chi connectivity index (χ2v) is 9.21. The molecular formula is C24H25Cl2N5O2. The van der Waals surface area contributed by atoms with Gasteiger partial charge < -0.3 is 19.1 Å². The van der Waals surface area contributed by atoms with Crippen LogP contribution in [0.5, 0.6) is 0 Å². The summed E-state index contributed by atoms with van der Waals surface area (Å²) < 4.78 is 5.39. The third-order valence-corrected chi connectivity index (χ3v) is 7.19. The lowest BCUT2D eigenvalue weighted by Gasteiger charge is -2.40. The van der Waals surface area contributed by atoms with E-state index in [2.05, 4.69) is 20.0 Å². The van der Waals surface area contributed by atoms with Crippen molar-refractivity contribution in [2.24, 2.45) is 5.92 Å². The summed E-state index contributed by atoms with van der Waals surface area (Å²) in [5.74, 6) is 1.67. The topological polar surface area (TPSA) is 65.7 Å². The highest BCUT2D eigenvalue weighted by Crippen LogP contribution is 2.33. The molecule has 3 aromatic rings. The molecule has 9 heteroatoms. The largest absolute Gasteiger partial charge is 0.463 e. The molecular weight excluding hydrogens is 461 g/mol. The zero-order valence-electron chi connectivity index (χ0n) is 18.2. The Balaban J connectivity index is 1.19. The molecule has 2 saturated heterocycles. The predicted octanol–water partition coefficient (Wildman–Crippen LogP) is 4.61. The molecule has 2 aliphatic heterocycles. The number of carbonyl (C=O) groups excluding carboxylic acids is 1. The standard InChI is InChI=1S/C24H25Cl2N5O2/c25-18-5-1-6-20(23(18)26)29-11-13-30(14-12-29)24(32)17-4-2-10-31(16-17)22-9-8-19(27-28-22)21-7-3-15-33-21/h1,3,5-9,15,17H,2,4,10-14,16H2. The first-order valence-corrected chi connectivity index (χ1v) is 12.0. The minimum Gasteiger partial charge on any atom is -0.463 e. The lowest BCUT2D eigenvalue weighted by atomic mass is 9.96. The number of hydrogen-bond acceptors (Lipinski definition) is 6. The highest BCUT2D eigenvalue weighted by Gasteiger charge is 2.32. The first-order chi connectivity index (χ1) is 16.1. The van der Waals surface area contributed by atoms with Crippen molar-refractivity contribution in [2.75, 3.05) is 49.1 Å². The van der Waals surface area contributed by atoms with Crippen LogP contribution in [0.25, 0.3) is 11.5 Å². The minimum atomic E-state index is -0.0355. The van der Waals surface area contributed by atoms with Crippen molar-refractivity contribution in [3.05, 3.63) is 58.8 Å². The summed E-state index contributed by atoms with van der Waals surface area (Å²) in [6.07, 6.45) is 3.47. The van der Waals surface area contributed by atoms with Crippen molar-refractivity contribution in [2.45, 2.75) is 12.8 Å². The number of hydrogen-bond donors (Lipinski definition) is 0. The van der Waals surface area contributed by atoms with Gasteiger partial charge in [0.25, 0.3) is 0 Å². The van der Waals surface area contributed by atoms with Crippen LogP contribution in [0, 0.1) is 5.92 Å². The van der Waals surface area contributed by atoms with Gasteiger partial charge in [-0.2, -0.15) is 0 Å². The molecule has 0 spiro atoms. The maximum atomic E-state index is 13.3. The highest BCUT2D eigenvalue weighted by molar-refractivity contribution is 6.43. The Hall–Kier alpha value is -2.77. The third kappa shape index (κ3) is 4.66. The first kappa shape index (κ1) is 22.0. The molecule has 1 atom stereocenters. The molecule has 4 heterocycles. The van der Waals surface area contributed by atoms with Crippen LogP contribution in [0.3, 0.4) is 0 Å². The summed E-state index contributed by atoms with van der Waals surface area (Å²) in [6.45, 7) is 4.36. The van der Waals surface area contributed by atoms with Crippen LogP contribution < -0.4 is 9.80 Å². The molecule has 0 aliphatic carbocycles. The summed E-state index contributed by atoms with van der Waals surface area (Å²) in [5.41, 5.74) is 1.63. The van der Waals surface area contributed by atoms with E-state index in [1.165, 1.54) is 0 Å². The van der Waals surface area contributed by atoms with Gasteiger partial charge in [0, 0.05) is 39.3 Å². The number of rotatable bonds is 4. The molecule has 1 unspecified atom stereocenters. The maximum absolute atomic E-state index is 13.3. The van der Waals surface area contributed by atoms with Gasteiger partial charge in [-0.15, -0.1) is 10.2 Å². The fraction of sp³-hybridized carbons (Fsp3) is 0.375. The second kappa shape index (κ2) is 9.61. The molecule has 33 heavy (non-hydrogen) atoms. The molecule has 0 saturated carbocycles. The normalized spacial score (nSPS) is 19.1. The van der Waals surface area contributed by atoms with E-state index in [-0.39, 0.29) is 11.8 Å². The lowest BCUT2D eigenvalue weighted by molar-refractivity contribution is -0.136. The first-order valence-electron chi connectivity index (χ1n) is 11.2. The molecule has 1 aromatic carbocycles. The van der Waals surface area contributed by atoms with Crippen LogP contribution in [0.1, 0.15) is 12.8 Å². The number of benzene rings is 1. The van der Waals surface area contributed by atoms with E-state index < -0.39 is 0 Å². The summed E-state index contributed by atoms with van der Waals surface area (Å²) in [4.78, 5) is 19.6. The van der Waals surface area contributed by atoms with Gasteiger partial charge >= 0.3 is 0 Å². The minimum absolute atomic E-state index is 0.0355. The van der Waals surface area contributed by atoms with Gasteiger partial charge in [0.15, 0.2) is 11.6 Å². The van der Waals surface area contributed by atoms with Crippen molar-refractivity contribution < 1.29 is 9.21 Å². The van der Waals surface area contributed by atoms with E-state index >= 15 is 0 Å². The molecule has 2 aromatic heterocycles. The summed E-state index contributed by atoms with van der Waals surface area (Å²) in [7, 11) is 0. The zero-order valence-corrected chi connectivity index (χ0v) is 19.7. The van der Waals surface area contributed by atoms with Crippen LogP contribution in [-0.4, -0.2) is 60.3 Å². The lowest BCUT2D eigenvalue weighted by Crippen LogP contribution is -2.52. The Morgan fingerprint density at radius 3 is 2.52 bits per heavy atom. The Labute approximate surface area is 202 Å². The van der Waals surface area contributed by atoms with Gasteiger partial charge in [0.1, 0.15) is 5.69 Å². The maximum Gasteiger partial charge on any atom is 0.227 e. The number of anilines is 2. The van der Waals surface area contributed by atoms with Crippen molar-refractivity contribution in [1.82, 2.24) is 15.1 Å². The summed E-state index contributed by atoms with van der Waals surface area (Å²) in [5, 5.41) is 9.81. The molecule has 0 radical (unpaired) electrons. The Kier molecular flexibility index (Phi) is 6.42. The summed E-state index contributed by atoms with van der Waals surface area (Å²) >= 11 is 12.6. The number of piperazine rings is 1. The van der Waals surface area contributed by atoms with E-state index in [4.69, 9.17) is 27.6 Å². The average molecular weight is 486 g/mol. The van der Waals surface area contributed by atoms with E-state index in [0.717, 1.165) is 44.0 Å². The fourth-order valence-electron chi connectivity index (χ4n) is 4.60. The van der Waals surface area contributed by atoms with Gasteiger partial charge in [-0.05, 0) is 49.2 Å². The van der Waals surface area contributed by atoms with Gasteiger partial charge in [0.05, 0.1) is 27.9 Å². The van der Waals surface area contributed by atoms with Crippen LogP contribution in [0.2, 0.25) is 10.0 Å². The number of furan rings is 1. The van der Waals surface area contributed by atoms with E-state index in [1.54, 1.807) is 12.3 Å². The van der Waals surface area contributed by atoms with Crippen LogP contribution in [0.4, 0.5) is 11.5 Å². The average Bonchev–Trinajstić information content (AvgIpc) is 3.41. The van der Waals surface area contributed by atoms with Crippen molar-refractivity contribution in [3.63, 3.8) is 0 Å². The molecule has 0 N–H and O–H groups in total. The molecule has 5 rings (SSSR count). The zero-order chi connectivity index (χ0) is 22.8. The third-order valence-electron chi connectivity index (χ3n) is 6.38. The SMILES string of the molecule is O=C(C1CCCN(c2ccc(-c3ccco3)nn2)C1)N1CCN(c2cccc(Cl)c2Cl)CC1. The van der Waals surface area contributed by atoms with Gasteiger partial charge in [-0.1, -0.05) is 29.3 Å². The summed E-state index contributed by atoms with van der Waals surface area (Å²) in [6, 6.07) is 13.2. The van der Waals surface area contributed by atoms with Gasteiger partial charge in [0.2, 0.25) is 5.91 Å². The Bertz CT molecular complexity index is 1100. The smallest absolute Gasteiger partial charge is 0.227 e. The number of amides is 1. The van der Waals surface area contributed by atoms with Crippen LogP contribution in [0.15, 0.2) is 53.1 Å². The highest BCUT2D eigenvalue weighted by atomic mass is 35.5. The van der Waals surface area contributed by atoms with E-state index in [1.807, 2.05) is 41.3 Å². The molecule has 1 amide bonds. The Morgan fingerprint density at radius 2 is 1.79 bits per heavy atom. The Morgan fingerprint density at radius 1 is 0.939 bits per heavy atom. The number of carbonyl (C=O) groups is 1. The predicted molar refractivity (Wildman–Crippen MR) is 130 cm³/mol. The van der Waals surface area contributed by atoms with Crippen LogP contribution in [-0.2, 0) is 4.79 Å². The van der Waals surface area contributed by atoms with E-state index in [9.17, 15) is 4.79 Å².